The lowest BCUT2D eigenvalue weighted by Gasteiger charge is -2.13. The molecule has 3 rings (SSSR count). The van der Waals surface area contributed by atoms with Gasteiger partial charge in [0.1, 0.15) is 5.82 Å². The largest absolute Gasteiger partial charge is 0.398 e. The quantitative estimate of drug-likeness (QED) is 0.331. The molecule has 0 bridgehead atoms. The summed E-state index contributed by atoms with van der Waals surface area (Å²) in [6.07, 6.45) is 11.6. The van der Waals surface area contributed by atoms with Crippen molar-refractivity contribution in [3.63, 3.8) is 0 Å². The lowest BCUT2D eigenvalue weighted by atomic mass is 9.93. The van der Waals surface area contributed by atoms with Crippen LogP contribution in [0.1, 0.15) is 35.6 Å². The molecule has 0 spiro atoms. The molecule has 0 atom stereocenters. The fourth-order valence-corrected chi connectivity index (χ4v) is 3.92. The summed E-state index contributed by atoms with van der Waals surface area (Å²) in [5.41, 5.74) is 13.6. The zero-order valence-electron chi connectivity index (χ0n) is 20.8. The van der Waals surface area contributed by atoms with Crippen LogP contribution in [0.4, 0.5) is 10.1 Å². The van der Waals surface area contributed by atoms with Crippen molar-refractivity contribution in [2.75, 3.05) is 40.0 Å². The molecule has 4 N–H and O–H groups in total. The number of rotatable bonds is 9. The van der Waals surface area contributed by atoms with Crippen molar-refractivity contribution in [1.82, 2.24) is 10.2 Å². The number of nitrogens with zero attached hydrogens (tertiary/aromatic N) is 1. The van der Waals surface area contributed by atoms with Gasteiger partial charge in [-0.05, 0) is 75.0 Å². The Morgan fingerprint density at radius 1 is 1.15 bits per heavy atom. The molecule has 0 radical (unpaired) electrons. The van der Waals surface area contributed by atoms with Crippen molar-refractivity contribution in [3.05, 3.63) is 100 Å². The van der Waals surface area contributed by atoms with Gasteiger partial charge >= 0.3 is 0 Å². The monoisotopic (exact) mass is 460 g/mol. The molecule has 0 heterocycles. The van der Waals surface area contributed by atoms with Crippen LogP contribution < -0.4 is 11.1 Å². The number of hydrogen-bond donors (Lipinski definition) is 3. The van der Waals surface area contributed by atoms with Gasteiger partial charge in [-0.1, -0.05) is 67.2 Å². The number of hydrogen-bond acceptors (Lipinski definition) is 4. The maximum atomic E-state index is 12.9. The van der Waals surface area contributed by atoms with Gasteiger partial charge in [-0.15, -0.1) is 0 Å². The second-order valence-corrected chi connectivity index (χ2v) is 8.55. The highest BCUT2D eigenvalue weighted by Gasteiger charge is 2.12. The summed E-state index contributed by atoms with van der Waals surface area (Å²) in [4.78, 5) is 2.21. The number of nitrogen functional groups attached to an aromatic ring is 1. The molecule has 1 aliphatic rings. The Bertz CT molecular complexity index is 1080. The van der Waals surface area contributed by atoms with Gasteiger partial charge in [0.15, 0.2) is 0 Å². The van der Waals surface area contributed by atoms with E-state index in [1.165, 1.54) is 23.3 Å². The molecule has 0 unspecified atom stereocenters. The first-order valence-corrected chi connectivity index (χ1v) is 11.5. The number of halogens is 1. The standard InChI is InChI=1S/C19H19FN2.C10H18N2/c1-3-14-8-12-18(22)19(16(14)4-2)17(21)11-7-13-5-9-15(20)10-6-13;1-11-7-9-4-5-10(6-9)8-12(2)3/h3,5-12,21H,1,4,22H2,2H3;4-5,11H,6-8H2,1-3H3/b11-7+,21-17?;. The van der Waals surface area contributed by atoms with Crippen molar-refractivity contribution in [1.29, 1.82) is 5.41 Å². The van der Waals surface area contributed by atoms with E-state index in [0.29, 0.717) is 11.4 Å². The van der Waals surface area contributed by atoms with E-state index in [1.54, 1.807) is 36.4 Å². The molecule has 0 saturated heterocycles. The number of benzene rings is 2. The van der Waals surface area contributed by atoms with Crippen molar-refractivity contribution in [3.8, 4) is 0 Å². The minimum absolute atomic E-state index is 0.275. The van der Waals surface area contributed by atoms with Crippen LogP contribution in [0.5, 0.6) is 0 Å². The van der Waals surface area contributed by atoms with Crippen molar-refractivity contribution < 1.29 is 4.39 Å². The predicted molar refractivity (Wildman–Crippen MR) is 146 cm³/mol. The second-order valence-electron chi connectivity index (χ2n) is 8.55. The van der Waals surface area contributed by atoms with Crippen LogP contribution in [-0.2, 0) is 6.42 Å². The molecular formula is C29H37FN4. The van der Waals surface area contributed by atoms with E-state index in [-0.39, 0.29) is 5.82 Å². The molecule has 5 heteroatoms. The zero-order valence-corrected chi connectivity index (χ0v) is 20.8. The van der Waals surface area contributed by atoms with Gasteiger partial charge in [-0.2, -0.15) is 0 Å². The summed E-state index contributed by atoms with van der Waals surface area (Å²) in [5.74, 6) is -0.275. The van der Waals surface area contributed by atoms with Crippen LogP contribution in [0.25, 0.3) is 12.2 Å². The van der Waals surface area contributed by atoms with Crippen LogP contribution in [0.15, 0.2) is 72.4 Å². The van der Waals surface area contributed by atoms with Gasteiger partial charge < -0.3 is 21.4 Å². The summed E-state index contributed by atoms with van der Waals surface area (Å²) < 4.78 is 12.9. The van der Waals surface area contributed by atoms with E-state index in [4.69, 9.17) is 11.1 Å². The van der Waals surface area contributed by atoms with Gasteiger partial charge in [0.25, 0.3) is 0 Å². The number of likely N-dealkylation sites (N-methyl/N-ethyl adjacent to an activating group) is 2. The molecule has 0 saturated carbocycles. The maximum Gasteiger partial charge on any atom is 0.123 e. The van der Waals surface area contributed by atoms with Gasteiger partial charge in [-0.3, -0.25) is 0 Å². The molecule has 34 heavy (non-hydrogen) atoms. The average molecular weight is 461 g/mol. The van der Waals surface area contributed by atoms with E-state index < -0.39 is 0 Å². The van der Waals surface area contributed by atoms with E-state index in [0.717, 1.165) is 48.2 Å². The Kier molecular flexibility index (Phi) is 10.7. The van der Waals surface area contributed by atoms with Crippen LogP contribution in [0.2, 0.25) is 0 Å². The Labute approximate surface area is 203 Å². The highest BCUT2D eigenvalue weighted by molar-refractivity contribution is 6.13. The molecule has 0 aliphatic heterocycles. The molecule has 0 amide bonds. The number of allylic oxidation sites excluding steroid dienone is 3. The summed E-state index contributed by atoms with van der Waals surface area (Å²) >= 11 is 0. The molecule has 0 fully saturated rings. The van der Waals surface area contributed by atoms with E-state index in [9.17, 15) is 4.39 Å². The fourth-order valence-electron chi connectivity index (χ4n) is 3.92. The Hall–Kier alpha value is -3.28. The van der Waals surface area contributed by atoms with E-state index in [1.807, 2.05) is 20.0 Å². The van der Waals surface area contributed by atoms with E-state index >= 15 is 0 Å². The number of nitrogens with two attached hydrogens (primary N) is 1. The van der Waals surface area contributed by atoms with Crippen LogP contribution in [-0.4, -0.2) is 44.8 Å². The van der Waals surface area contributed by atoms with Gasteiger partial charge in [0.05, 0.1) is 5.71 Å². The Morgan fingerprint density at radius 3 is 2.41 bits per heavy atom. The summed E-state index contributed by atoms with van der Waals surface area (Å²) in [6, 6.07) is 9.85. The molecule has 180 valence electrons. The summed E-state index contributed by atoms with van der Waals surface area (Å²) in [7, 11) is 6.21. The number of anilines is 1. The summed E-state index contributed by atoms with van der Waals surface area (Å²) in [5, 5.41) is 11.5. The topological polar surface area (TPSA) is 65.1 Å². The first-order chi connectivity index (χ1) is 16.3. The predicted octanol–water partition coefficient (Wildman–Crippen LogP) is 5.72. The fraction of sp³-hybridized carbons (Fsp3) is 0.276. The Morgan fingerprint density at radius 2 is 1.82 bits per heavy atom. The van der Waals surface area contributed by atoms with Gasteiger partial charge in [0.2, 0.25) is 0 Å². The Balaban J connectivity index is 0.000000287. The molecule has 4 nitrogen and oxygen atoms in total. The van der Waals surface area contributed by atoms with Crippen LogP contribution in [0.3, 0.4) is 0 Å². The second kappa shape index (κ2) is 13.4. The van der Waals surface area contributed by atoms with Crippen molar-refractivity contribution in [2.24, 2.45) is 0 Å². The minimum atomic E-state index is -0.275. The third-order valence-electron chi connectivity index (χ3n) is 5.47. The van der Waals surface area contributed by atoms with Crippen molar-refractivity contribution >= 4 is 23.6 Å². The SMILES string of the molecule is C=Cc1ccc(N)c(C(=N)/C=C/c2ccc(F)cc2)c1CC.CNCC1=CC=C(CN(C)C)C1. The average Bonchev–Trinajstić information content (AvgIpc) is 3.25. The molecule has 2 aromatic carbocycles. The van der Waals surface area contributed by atoms with Crippen LogP contribution in [0, 0.1) is 11.2 Å². The number of nitrogens with one attached hydrogen (secondary N) is 2. The first kappa shape index (κ1) is 27.0. The van der Waals surface area contributed by atoms with Crippen molar-refractivity contribution in [2.45, 2.75) is 19.8 Å². The zero-order chi connectivity index (χ0) is 25.1. The lowest BCUT2D eigenvalue weighted by molar-refractivity contribution is 0.442. The molecule has 2 aromatic rings. The normalized spacial score (nSPS) is 12.9. The maximum absolute atomic E-state index is 12.9. The highest BCUT2D eigenvalue weighted by Crippen LogP contribution is 2.24. The summed E-state index contributed by atoms with van der Waals surface area (Å²) in [6.45, 7) is 7.94. The third kappa shape index (κ3) is 7.94. The third-order valence-corrected chi connectivity index (χ3v) is 5.47. The van der Waals surface area contributed by atoms with Crippen LogP contribution >= 0.6 is 0 Å². The first-order valence-electron chi connectivity index (χ1n) is 11.5. The van der Waals surface area contributed by atoms with E-state index in [2.05, 4.69) is 43.0 Å². The highest BCUT2D eigenvalue weighted by atomic mass is 19.1. The molecular weight excluding hydrogens is 423 g/mol. The lowest BCUT2D eigenvalue weighted by Crippen LogP contribution is -2.15. The molecule has 1 aliphatic carbocycles. The minimum Gasteiger partial charge on any atom is -0.398 e. The van der Waals surface area contributed by atoms with Gasteiger partial charge in [-0.25, -0.2) is 4.39 Å². The van der Waals surface area contributed by atoms with Gasteiger partial charge in [0, 0.05) is 24.3 Å². The molecule has 0 aromatic heterocycles. The smallest absolute Gasteiger partial charge is 0.123 e.